The van der Waals surface area contributed by atoms with Gasteiger partial charge in [0.1, 0.15) is 0 Å². The van der Waals surface area contributed by atoms with Gasteiger partial charge in [-0.25, -0.2) is 4.21 Å². The fourth-order valence-corrected chi connectivity index (χ4v) is 2.65. The molecule has 0 bridgehead atoms. The Hall–Kier alpha value is -1.84. The van der Waals surface area contributed by atoms with Crippen molar-refractivity contribution in [3.8, 4) is 0 Å². The highest BCUT2D eigenvalue weighted by Crippen LogP contribution is 2.08. The van der Waals surface area contributed by atoms with Gasteiger partial charge in [-0.3, -0.25) is 0 Å². The molecule has 0 heterocycles. The van der Waals surface area contributed by atoms with Crippen LogP contribution in [0, 0.1) is 0 Å². The summed E-state index contributed by atoms with van der Waals surface area (Å²) >= 11 is -2.86. The normalized spacial score (nSPS) is 10.3. The van der Waals surface area contributed by atoms with Gasteiger partial charge in [0.05, 0.1) is 11.4 Å². The van der Waals surface area contributed by atoms with Gasteiger partial charge >= 0.3 is 0 Å². The van der Waals surface area contributed by atoms with Crippen molar-refractivity contribution in [3.63, 3.8) is 0 Å². The Labute approximate surface area is 141 Å². The molecule has 3 nitrogen and oxygen atoms in total. The molecule has 1 unspecified atom stereocenters. The van der Waals surface area contributed by atoms with E-state index in [0.29, 0.717) is 0 Å². The van der Waals surface area contributed by atoms with Crippen LogP contribution in [0.15, 0.2) is 97.1 Å². The lowest BCUT2D eigenvalue weighted by Gasteiger charge is -2.00. The minimum atomic E-state index is -2.86. The van der Waals surface area contributed by atoms with Crippen LogP contribution < -0.4 is 10.6 Å². The minimum Gasteiger partial charge on any atom is -0.750 e. The van der Waals surface area contributed by atoms with E-state index in [4.69, 9.17) is 13.3 Å². The third-order valence-corrected chi connectivity index (χ3v) is 3.75. The average molecular weight is 345 g/mol. The lowest BCUT2D eigenvalue weighted by atomic mass is 10.4. The standard InChI is InChI=1S/C12H11P.C6H6.H2O3S/c1-3-7-11(8-4-1)13-12-9-5-2-6-10-12;1-2-4-6-5-3-1;1-4(2)3/h1-10,13H;1-6H;(H2,1,2,3)/p-1. The van der Waals surface area contributed by atoms with E-state index in [2.05, 4.69) is 60.7 Å². The topological polar surface area (TPSA) is 60.4 Å². The molecular formula is C18H18O3PS-. The molecule has 0 aliphatic rings. The molecule has 0 radical (unpaired) electrons. The molecule has 1 N–H and O–H groups in total. The van der Waals surface area contributed by atoms with E-state index in [1.807, 2.05) is 36.4 Å². The van der Waals surface area contributed by atoms with Gasteiger partial charge in [-0.05, 0) is 10.6 Å². The van der Waals surface area contributed by atoms with Crippen LogP contribution in [-0.2, 0) is 11.4 Å². The van der Waals surface area contributed by atoms with E-state index >= 15 is 0 Å². The second kappa shape index (κ2) is 12.7. The molecule has 0 saturated heterocycles. The Morgan fingerprint density at radius 1 is 0.652 bits per heavy atom. The smallest absolute Gasteiger partial charge is 0.0814 e. The molecule has 0 aliphatic heterocycles. The number of rotatable bonds is 2. The molecule has 5 heteroatoms. The first kappa shape index (κ1) is 19.2. The largest absolute Gasteiger partial charge is 0.750 e. The molecule has 1 atom stereocenters. The molecule has 3 rings (SSSR count). The summed E-state index contributed by atoms with van der Waals surface area (Å²) in [5.74, 6) is 0. The second-order valence-corrected chi connectivity index (χ2v) is 6.07. The predicted molar refractivity (Wildman–Crippen MR) is 98.5 cm³/mol. The lowest BCUT2D eigenvalue weighted by molar-refractivity contribution is 0.436. The molecule has 120 valence electrons. The monoisotopic (exact) mass is 345 g/mol. The van der Waals surface area contributed by atoms with Gasteiger partial charge in [-0.1, -0.05) is 106 Å². The quantitative estimate of drug-likeness (QED) is 0.572. The second-order valence-electron chi connectivity index (χ2n) is 4.23. The maximum absolute atomic E-state index is 8.56. The molecular weight excluding hydrogens is 327 g/mol. The predicted octanol–water partition coefficient (Wildman–Crippen LogP) is 3.34. The maximum atomic E-state index is 8.56. The highest BCUT2D eigenvalue weighted by molar-refractivity contribution is 7.73. The molecule has 3 aromatic rings. The summed E-state index contributed by atoms with van der Waals surface area (Å²) in [5, 5.41) is 2.79. The zero-order valence-corrected chi connectivity index (χ0v) is 14.2. The molecule has 23 heavy (non-hydrogen) atoms. The van der Waals surface area contributed by atoms with Gasteiger partial charge in [0, 0.05) is 0 Å². The summed E-state index contributed by atoms with van der Waals surface area (Å²) in [4.78, 5) is 0. The molecule has 3 aromatic carbocycles. The van der Waals surface area contributed by atoms with Crippen LogP contribution in [-0.4, -0.2) is 13.3 Å². The van der Waals surface area contributed by atoms with Crippen molar-refractivity contribution in [2.45, 2.75) is 0 Å². The van der Waals surface area contributed by atoms with Crippen molar-refractivity contribution < 1.29 is 13.3 Å². The summed E-state index contributed by atoms with van der Waals surface area (Å²) in [6, 6.07) is 33.2. The third-order valence-electron chi connectivity index (χ3n) is 2.50. The van der Waals surface area contributed by atoms with E-state index in [9.17, 15) is 0 Å². The summed E-state index contributed by atoms with van der Waals surface area (Å²) in [5.41, 5.74) is 0. The highest BCUT2D eigenvalue weighted by Gasteiger charge is 1.92. The summed E-state index contributed by atoms with van der Waals surface area (Å²) in [7, 11) is 0.777. The zero-order valence-electron chi connectivity index (χ0n) is 12.4. The van der Waals surface area contributed by atoms with Gasteiger partial charge in [0.25, 0.3) is 0 Å². The van der Waals surface area contributed by atoms with Gasteiger partial charge in [0.15, 0.2) is 0 Å². The molecule has 0 amide bonds. The Morgan fingerprint density at radius 2 is 0.870 bits per heavy atom. The Balaban J connectivity index is 0.000000220. The molecule has 0 fully saturated rings. The van der Waals surface area contributed by atoms with E-state index in [1.165, 1.54) is 10.6 Å². The van der Waals surface area contributed by atoms with Crippen molar-refractivity contribution >= 4 is 30.6 Å². The van der Waals surface area contributed by atoms with E-state index in [-0.39, 0.29) is 0 Å². The van der Waals surface area contributed by atoms with E-state index in [1.54, 1.807) is 0 Å². The zero-order chi connectivity index (χ0) is 16.8. The van der Waals surface area contributed by atoms with Crippen LogP contribution in [0.1, 0.15) is 0 Å². The Morgan fingerprint density at radius 3 is 1.13 bits per heavy atom. The molecule has 0 aromatic heterocycles. The summed E-state index contributed by atoms with van der Waals surface area (Å²) in [6.45, 7) is 0. The first-order valence-electron chi connectivity index (χ1n) is 6.84. The van der Waals surface area contributed by atoms with Crippen molar-refractivity contribution in [1.29, 1.82) is 0 Å². The summed E-state index contributed by atoms with van der Waals surface area (Å²) in [6.07, 6.45) is 0. The van der Waals surface area contributed by atoms with Crippen molar-refractivity contribution in [3.05, 3.63) is 97.1 Å². The van der Waals surface area contributed by atoms with Crippen LogP contribution in [0.3, 0.4) is 0 Å². The van der Waals surface area contributed by atoms with Crippen molar-refractivity contribution in [1.82, 2.24) is 0 Å². The SMILES string of the molecule is O=S([O-])O.c1ccc(Pc2ccccc2)cc1.c1ccccc1. The fraction of sp³-hybridized carbons (Fsp3) is 0. The van der Waals surface area contributed by atoms with Crippen LogP contribution in [0.2, 0.25) is 0 Å². The highest BCUT2D eigenvalue weighted by atomic mass is 32.2. The van der Waals surface area contributed by atoms with Crippen molar-refractivity contribution in [2.75, 3.05) is 0 Å². The van der Waals surface area contributed by atoms with Crippen LogP contribution in [0.4, 0.5) is 0 Å². The maximum Gasteiger partial charge on any atom is 0.0814 e. The van der Waals surface area contributed by atoms with Crippen LogP contribution >= 0.6 is 8.58 Å². The fourth-order valence-electron chi connectivity index (χ4n) is 1.59. The molecule has 0 saturated carbocycles. The Bertz CT molecular complexity index is 581. The summed E-state index contributed by atoms with van der Waals surface area (Å²) < 4.78 is 24.1. The van der Waals surface area contributed by atoms with Crippen LogP contribution in [0.5, 0.6) is 0 Å². The third kappa shape index (κ3) is 11.4. The van der Waals surface area contributed by atoms with E-state index < -0.39 is 11.4 Å². The number of hydrogen-bond acceptors (Lipinski definition) is 2. The molecule has 0 spiro atoms. The van der Waals surface area contributed by atoms with Gasteiger partial charge < -0.3 is 9.11 Å². The average Bonchev–Trinajstić information content (AvgIpc) is 2.58. The number of hydrogen-bond donors (Lipinski definition) is 1. The number of benzene rings is 3. The minimum absolute atomic E-state index is 0.777. The van der Waals surface area contributed by atoms with Gasteiger partial charge in [-0.2, -0.15) is 0 Å². The first-order valence-corrected chi connectivity index (χ1v) is 8.87. The van der Waals surface area contributed by atoms with Gasteiger partial charge in [-0.15, -0.1) is 0 Å². The Kier molecular flexibility index (Phi) is 10.6. The molecule has 0 aliphatic carbocycles. The lowest BCUT2D eigenvalue weighted by Crippen LogP contribution is -2.01. The van der Waals surface area contributed by atoms with Crippen LogP contribution in [0.25, 0.3) is 0 Å². The first-order chi connectivity index (χ1) is 11.2. The van der Waals surface area contributed by atoms with E-state index in [0.717, 1.165) is 8.58 Å². The van der Waals surface area contributed by atoms with Gasteiger partial charge in [0.2, 0.25) is 0 Å². The van der Waals surface area contributed by atoms with Crippen molar-refractivity contribution in [2.24, 2.45) is 0 Å².